The zero-order valence-corrected chi connectivity index (χ0v) is 10.3. The maximum Gasteiger partial charge on any atom is 0.119 e. The third-order valence-electron chi connectivity index (χ3n) is 3.40. The van der Waals surface area contributed by atoms with Crippen molar-refractivity contribution < 1.29 is 9.84 Å². The van der Waals surface area contributed by atoms with Crippen molar-refractivity contribution in [2.75, 3.05) is 7.11 Å². The first-order valence-electron chi connectivity index (χ1n) is 5.90. The molecule has 2 heteroatoms. The summed E-state index contributed by atoms with van der Waals surface area (Å²) < 4.78 is 5.17. The minimum absolute atomic E-state index is 0.697. The number of hydrogen-bond donors (Lipinski definition) is 1. The lowest BCUT2D eigenvalue weighted by Crippen LogP contribution is -2.23. The van der Waals surface area contributed by atoms with Gasteiger partial charge in [0.05, 0.1) is 12.7 Å². The molecule has 1 aliphatic rings. The molecule has 1 atom stereocenters. The number of aryl methyl sites for hydroxylation is 1. The molecule has 1 aromatic carbocycles. The normalized spacial score (nSPS) is 19.2. The molecule has 0 saturated heterocycles. The summed E-state index contributed by atoms with van der Waals surface area (Å²) in [6, 6.07) is 5.89. The fourth-order valence-corrected chi connectivity index (χ4v) is 2.36. The largest absolute Gasteiger partial charge is 0.497 e. The van der Waals surface area contributed by atoms with Crippen molar-refractivity contribution in [3.63, 3.8) is 0 Å². The van der Waals surface area contributed by atoms with Crippen LogP contribution in [0, 0.1) is 12.8 Å². The number of methoxy groups -OCH3 is 1. The standard InChI is InChI=1S/C14H20O2/c1-10-8-12(16-3)6-7-13(10)14(2,15)9-11-4-5-11/h6-8,11,15H,4-5,9H2,1-3H3. The third kappa shape index (κ3) is 2.38. The predicted molar refractivity (Wildman–Crippen MR) is 64.6 cm³/mol. The van der Waals surface area contributed by atoms with Crippen molar-refractivity contribution >= 4 is 0 Å². The Hall–Kier alpha value is -1.02. The van der Waals surface area contributed by atoms with Crippen molar-refractivity contribution in [1.29, 1.82) is 0 Å². The topological polar surface area (TPSA) is 29.5 Å². The highest BCUT2D eigenvalue weighted by molar-refractivity contribution is 5.38. The first-order valence-corrected chi connectivity index (χ1v) is 5.90. The van der Waals surface area contributed by atoms with E-state index in [9.17, 15) is 5.11 Å². The van der Waals surface area contributed by atoms with Crippen LogP contribution in [0.25, 0.3) is 0 Å². The molecule has 0 radical (unpaired) electrons. The maximum absolute atomic E-state index is 10.5. The van der Waals surface area contributed by atoms with E-state index in [2.05, 4.69) is 0 Å². The molecule has 2 rings (SSSR count). The van der Waals surface area contributed by atoms with Crippen molar-refractivity contribution in [3.8, 4) is 5.75 Å². The van der Waals surface area contributed by atoms with Gasteiger partial charge in [0.15, 0.2) is 0 Å². The van der Waals surface area contributed by atoms with Crippen LogP contribution in [0.2, 0.25) is 0 Å². The van der Waals surface area contributed by atoms with E-state index in [1.165, 1.54) is 12.8 Å². The number of hydrogen-bond acceptors (Lipinski definition) is 2. The lowest BCUT2D eigenvalue weighted by molar-refractivity contribution is 0.0411. The average molecular weight is 220 g/mol. The van der Waals surface area contributed by atoms with Gasteiger partial charge in [-0.05, 0) is 49.4 Å². The molecular formula is C14H20O2. The van der Waals surface area contributed by atoms with E-state index in [1.807, 2.05) is 32.0 Å². The molecule has 0 heterocycles. The van der Waals surface area contributed by atoms with Crippen LogP contribution in [0.3, 0.4) is 0 Å². The van der Waals surface area contributed by atoms with Gasteiger partial charge in [0.25, 0.3) is 0 Å². The van der Waals surface area contributed by atoms with Crippen LogP contribution in [0.1, 0.15) is 37.3 Å². The number of ether oxygens (including phenoxy) is 1. The van der Waals surface area contributed by atoms with Gasteiger partial charge in [0, 0.05) is 0 Å². The Bertz CT molecular complexity index is 378. The molecule has 1 saturated carbocycles. The second-order valence-electron chi connectivity index (χ2n) is 5.10. The van der Waals surface area contributed by atoms with E-state index in [-0.39, 0.29) is 0 Å². The summed E-state index contributed by atoms with van der Waals surface area (Å²) in [6.45, 7) is 3.94. The molecule has 1 unspecified atom stereocenters. The highest BCUT2D eigenvalue weighted by Gasteiger charge is 2.33. The first-order chi connectivity index (χ1) is 7.53. The maximum atomic E-state index is 10.5. The second-order valence-corrected chi connectivity index (χ2v) is 5.10. The molecule has 0 aromatic heterocycles. The highest BCUT2D eigenvalue weighted by Crippen LogP contribution is 2.41. The van der Waals surface area contributed by atoms with Gasteiger partial charge in [-0.3, -0.25) is 0 Å². The van der Waals surface area contributed by atoms with Crippen molar-refractivity contribution in [1.82, 2.24) is 0 Å². The fraction of sp³-hybridized carbons (Fsp3) is 0.571. The van der Waals surface area contributed by atoms with Crippen LogP contribution >= 0.6 is 0 Å². The van der Waals surface area contributed by atoms with Crippen LogP contribution in [-0.2, 0) is 5.60 Å². The number of benzene rings is 1. The van der Waals surface area contributed by atoms with Crippen LogP contribution in [0.4, 0.5) is 0 Å². The highest BCUT2D eigenvalue weighted by atomic mass is 16.5. The van der Waals surface area contributed by atoms with Gasteiger partial charge < -0.3 is 9.84 Å². The molecule has 0 spiro atoms. The zero-order chi connectivity index (χ0) is 11.8. The molecule has 1 aliphatic carbocycles. The Kier molecular flexibility index (Phi) is 2.94. The first kappa shape index (κ1) is 11.5. The zero-order valence-electron chi connectivity index (χ0n) is 10.3. The molecule has 1 N–H and O–H groups in total. The summed E-state index contributed by atoms with van der Waals surface area (Å²) in [6.07, 6.45) is 3.41. The van der Waals surface area contributed by atoms with Crippen LogP contribution in [0.5, 0.6) is 5.75 Å². The molecular weight excluding hydrogens is 200 g/mol. The van der Waals surface area contributed by atoms with E-state index >= 15 is 0 Å². The Morgan fingerprint density at radius 3 is 2.62 bits per heavy atom. The van der Waals surface area contributed by atoms with E-state index in [0.29, 0.717) is 0 Å². The minimum Gasteiger partial charge on any atom is -0.497 e. The van der Waals surface area contributed by atoms with Gasteiger partial charge in [0.1, 0.15) is 5.75 Å². The Labute approximate surface area is 97.3 Å². The fourth-order valence-electron chi connectivity index (χ4n) is 2.36. The Morgan fingerprint density at radius 1 is 1.44 bits per heavy atom. The summed E-state index contributed by atoms with van der Waals surface area (Å²) in [7, 11) is 1.66. The summed E-state index contributed by atoms with van der Waals surface area (Å²) >= 11 is 0. The minimum atomic E-state index is -0.697. The van der Waals surface area contributed by atoms with Crippen molar-refractivity contribution in [3.05, 3.63) is 29.3 Å². The van der Waals surface area contributed by atoms with E-state index in [1.54, 1.807) is 7.11 Å². The van der Waals surface area contributed by atoms with Gasteiger partial charge in [-0.25, -0.2) is 0 Å². The summed E-state index contributed by atoms with van der Waals surface area (Å²) in [5.41, 5.74) is 1.43. The Balaban J connectivity index is 2.23. The van der Waals surface area contributed by atoms with E-state index in [0.717, 1.165) is 29.2 Å². The van der Waals surface area contributed by atoms with Gasteiger partial charge in [0.2, 0.25) is 0 Å². The number of aliphatic hydroxyl groups is 1. The second kappa shape index (κ2) is 4.10. The smallest absolute Gasteiger partial charge is 0.119 e. The Morgan fingerprint density at radius 2 is 2.12 bits per heavy atom. The molecule has 0 aliphatic heterocycles. The lowest BCUT2D eigenvalue weighted by atomic mass is 9.87. The molecule has 88 valence electrons. The molecule has 2 nitrogen and oxygen atoms in total. The third-order valence-corrected chi connectivity index (χ3v) is 3.40. The van der Waals surface area contributed by atoms with E-state index in [4.69, 9.17) is 4.74 Å². The van der Waals surface area contributed by atoms with Crippen molar-refractivity contribution in [2.45, 2.75) is 38.7 Å². The van der Waals surface area contributed by atoms with Gasteiger partial charge in [-0.15, -0.1) is 0 Å². The van der Waals surface area contributed by atoms with Crippen LogP contribution in [0.15, 0.2) is 18.2 Å². The summed E-state index contributed by atoms with van der Waals surface area (Å²) in [4.78, 5) is 0. The van der Waals surface area contributed by atoms with E-state index < -0.39 is 5.60 Å². The van der Waals surface area contributed by atoms with Gasteiger partial charge >= 0.3 is 0 Å². The summed E-state index contributed by atoms with van der Waals surface area (Å²) in [5.74, 6) is 1.57. The average Bonchev–Trinajstić information content (AvgIpc) is 3.00. The molecule has 0 bridgehead atoms. The SMILES string of the molecule is COc1ccc(C(C)(O)CC2CC2)c(C)c1. The molecule has 0 amide bonds. The predicted octanol–water partition coefficient (Wildman–Crippen LogP) is 3.01. The van der Waals surface area contributed by atoms with Gasteiger partial charge in [-0.2, -0.15) is 0 Å². The lowest BCUT2D eigenvalue weighted by Gasteiger charge is -2.26. The van der Waals surface area contributed by atoms with Crippen molar-refractivity contribution in [2.24, 2.45) is 5.92 Å². The number of rotatable bonds is 4. The molecule has 16 heavy (non-hydrogen) atoms. The van der Waals surface area contributed by atoms with Gasteiger partial charge in [-0.1, -0.05) is 18.9 Å². The summed E-state index contributed by atoms with van der Waals surface area (Å²) in [5, 5.41) is 10.5. The molecule has 1 fully saturated rings. The monoisotopic (exact) mass is 220 g/mol. The van der Waals surface area contributed by atoms with Crippen LogP contribution in [-0.4, -0.2) is 12.2 Å². The van der Waals surface area contributed by atoms with Crippen LogP contribution < -0.4 is 4.74 Å². The quantitative estimate of drug-likeness (QED) is 0.845. The molecule has 1 aromatic rings.